The summed E-state index contributed by atoms with van der Waals surface area (Å²) in [6.07, 6.45) is 5.96. The summed E-state index contributed by atoms with van der Waals surface area (Å²) in [7, 11) is 0. The Morgan fingerprint density at radius 2 is 0.933 bits per heavy atom. The summed E-state index contributed by atoms with van der Waals surface area (Å²) in [5.74, 6) is 0. The first-order chi connectivity index (χ1) is 14.8. The summed E-state index contributed by atoms with van der Waals surface area (Å²) in [5.41, 5.74) is 6.80. The minimum atomic E-state index is 0.955. The Labute approximate surface area is 178 Å². The molecular weight excluding hydrogens is 364 g/mol. The molecule has 0 bridgehead atoms. The number of aliphatic imine (C=N–C) groups is 2. The van der Waals surface area contributed by atoms with Crippen LogP contribution in [0.3, 0.4) is 0 Å². The number of nitrogens with zero attached hydrogens (tertiary/aromatic N) is 2. The second-order valence-electron chi connectivity index (χ2n) is 7.36. The lowest BCUT2D eigenvalue weighted by Crippen LogP contribution is -1.84. The lowest BCUT2D eigenvalue weighted by atomic mass is 10.1. The fourth-order valence-electron chi connectivity index (χ4n) is 3.47. The van der Waals surface area contributed by atoms with Crippen LogP contribution in [0.15, 0.2) is 94.9 Å². The number of rotatable bonds is 6. The predicted molar refractivity (Wildman–Crippen MR) is 130 cm³/mol. The molecule has 30 heavy (non-hydrogen) atoms. The van der Waals surface area contributed by atoms with Crippen molar-refractivity contribution in [3.63, 3.8) is 0 Å². The molecule has 0 N–H and O–H groups in total. The van der Waals surface area contributed by atoms with Crippen LogP contribution in [0.4, 0.5) is 11.4 Å². The van der Waals surface area contributed by atoms with Crippen LogP contribution in [0, 0.1) is 0 Å². The summed E-state index contributed by atoms with van der Waals surface area (Å²) in [6, 6.07) is 29.5. The van der Waals surface area contributed by atoms with E-state index in [0.717, 1.165) is 46.1 Å². The van der Waals surface area contributed by atoms with E-state index in [0.29, 0.717) is 0 Å². The van der Waals surface area contributed by atoms with Gasteiger partial charge in [0.05, 0.1) is 11.4 Å². The van der Waals surface area contributed by atoms with Gasteiger partial charge in [-0.05, 0) is 47.2 Å². The van der Waals surface area contributed by atoms with Crippen molar-refractivity contribution in [3.05, 3.63) is 107 Å². The number of aryl methyl sites for hydroxylation is 2. The monoisotopic (exact) mass is 390 g/mol. The zero-order valence-electron chi connectivity index (χ0n) is 17.5. The summed E-state index contributed by atoms with van der Waals surface area (Å²) < 4.78 is 0. The van der Waals surface area contributed by atoms with E-state index in [9.17, 15) is 0 Å². The first-order valence-corrected chi connectivity index (χ1v) is 10.5. The highest BCUT2D eigenvalue weighted by molar-refractivity contribution is 6.02. The molecule has 0 radical (unpaired) electrons. The summed E-state index contributed by atoms with van der Waals surface area (Å²) in [5, 5.41) is 2.21. The van der Waals surface area contributed by atoms with Crippen molar-refractivity contribution in [2.45, 2.75) is 26.7 Å². The van der Waals surface area contributed by atoms with Gasteiger partial charge in [0.15, 0.2) is 0 Å². The third-order valence-electron chi connectivity index (χ3n) is 5.36. The molecule has 0 spiro atoms. The molecule has 0 aliphatic heterocycles. The lowest BCUT2D eigenvalue weighted by molar-refractivity contribution is 1.14. The fourth-order valence-corrected chi connectivity index (χ4v) is 3.47. The molecule has 0 aliphatic rings. The van der Waals surface area contributed by atoms with E-state index in [1.165, 1.54) is 11.1 Å². The van der Waals surface area contributed by atoms with Gasteiger partial charge in [-0.1, -0.05) is 86.6 Å². The number of hydrogen-bond acceptors (Lipinski definition) is 2. The van der Waals surface area contributed by atoms with Crippen LogP contribution >= 0.6 is 0 Å². The molecule has 0 atom stereocenters. The fraction of sp³-hybridized carbons (Fsp3) is 0.143. The van der Waals surface area contributed by atoms with E-state index in [1.807, 2.05) is 24.6 Å². The van der Waals surface area contributed by atoms with Gasteiger partial charge in [0.1, 0.15) is 0 Å². The number of benzene rings is 4. The summed E-state index contributed by atoms with van der Waals surface area (Å²) in [4.78, 5) is 9.52. The van der Waals surface area contributed by atoms with Crippen molar-refractivity contribution in [2.75, 3.05) is 0 Å². The minimum absolute atomic E-state index is 0.955. The topological polar surface area (TPSA) is 24.7 Å². The first kappa shape index (κ1) is 19.8. The molecule has 0 fully saturated rings. The van der Waals surface area contributed by atoms with Crippen LogP contribution in [0.5, 0.6) is 0 Å². The van der Waals surface area contributed by atoms with Gasteiger partial charge in [-0.2, -0.15) is 0 Å². The van der Waals surface area contributed by atoms with Crippen LogP contribution in [0.1, 0.15) is 36.1 Å². The molecular formula is C28H26N2. The molecule has 4 aromatic carbocycles. The molecule has 0 aromatic heterocycles. The van der Waals surface area contributed by atoms with E-state index in [2.05, 4.69) is 86.6 Å². The maximum absolute atomic E-state index is 4.76. The SMILES string of the molecule is CCc1ccc(C=Nc2cccc3c(N=Cc4ccc(CC)cc4)cccc23)cc1. The molecule has 0 saturated carbocycles. The molecule has 0 unspecified atom stereocenters. The molecule has 148 valence electrons. The highest BCUT2D eigenvalue weighted by atomic mass is 14.7. The number of hydrogen-bond donors (Lipinski definition) is 0. The Morgan fingerprint density at radius 1 is 0.533 bits per heavy atom. The van der Waals surface area contributed by atoms with Gasteiger partial charge in [0, 0.05) is 23.2 Å². The molecule has 0 saturated heterocycles. The van der Waals surface area contributed by atoms with E-state index in [1.54, 1.807) is 0 Å². The first-order valence-electron chi connectivity index (χ1n) is 10.5. The summed E-state index contributed by atoms with van der Waals surface area (Å²) in [6.45, 7) is 4.33. The molecule has 0 aliphatic carbocycles. The Bertz CT molecular complexity index is 1090. The molecule has 4 rings (SSSR count). The van der Waals surface area contributed by atoms with Gasteiger partial charge < -0.3 is 0 Å². The van der Waals surface area contributed by atoms with Crippen molar-refractivity contribution >= 4 is 34.6 Å². The van der Waals surface area contributed by atoms with Gasteiger partial charge in [-0.15, -0.1) is 0 Å². The van der Waals surface area contributed by atoms with Crippen LogP contribution in [0.25, 0.3) is 10.8 Å². The highest BCUT2D eigenvalue weighted by Gasteiger charge is 2.03. The lowest BCUT2D eigenvalue weighted by Gasteiger charge is -2.05. The van der Waals surface area contributed by atoms with Crippen molar-refractivity contribution in [1.82, 2.24) is 0 Å². The Balaban J connectivity index is 1.63. The third-order valence-corrected chi connectivity index (χ3v) is 5.36. The van der Waals surface area contributed by atoms with Crippen molar-refractivity contribution in [2.24, 2.45) is 9.98 Å². The average Bonchev–Trinajstić information content (AvgIpc) is 2.82. The van der Waals surface area contributed by atoms with E-state index < -0.39 is 0 Å². The van der Waals surface area contributed by atoms with Gasteiger partial charge in [0.2, 0.25) is 0 Å². The third kappa shape index (κ3) is 4.55. The molecule has 2 nitrogen and oxygen atoms in total. The minimum Gasteiger partial charge on any atom is -0.256 e. The van der Waals surface area contributed by atoms with Gasteiger partial charge in [0.25, 0.3) is 0 Å². The van der Waals surface area contributed by atoms with Gasteiger partial charge in [-0.3, -0.25) is 9.98 Å². The normalized spacial score (nSPS) is 11.7. The quantitative estimate of drug-likeness (QED) is 0.305. The van der Waals surface area contributed by atoms with E-state index in [4.69, 9.17) is 9.98 Å². The zero-order chi connectivity index (χ0) is 20.8. The molecule has 0 heterocycles. The van der Waals surface area contributed by atoms with E-state index in [-0.39, 0.29) is 0 Å². The molecule has 2 heteroatoms. The average molecular weight is 391 g/mol. The molecule has 0 amide bonds. The van der Waals surface area contributed by atoms with Gasteiger partial charge in [-0.25, -0.2) is 0 Å². The second kappa shape index (κ2) is 9.32. The second-order valence-corrected chi connectivity index (χ2v) is 7.36. The van der Waals surface area contributed by atoms with Gasteiger partial charge >= 0.3 is 0 Å². The summed E-state index contributed by atoms with van der Waals surface area (Å²) >= 11 is 0. The highest BCUT2D eigenvalue weighted by Crippen LogP contribution is 2.32. The maximum Gasteiger partial charge on any atom is 0.0709 e. The Morgan fingerprint density at radius 3 is 1.30 bits per heavy atom. The van der Waals surface area contributed by atoms with Crippen LogP contribution in [-0.4, -0.2) is 12.4 Å². The van der Waals surface area contributed by atoms with Crippen LogP contribution in [-0.2, 0) is 12.8 Å². The zero-order valence-corrected chi connectivity index (χ0v) is 17.5. The number of fused-ring (bicyclic) bond motifs is 1. The van der Waals surface area contributed by atoms with Crippen LogP contribution in [0.2, 0.25) is 0 Å². The largest absolute Gasteiger partial charge is 0.256 e. The smallest absolute Gasteiger partial charge is 0.0709 e. The van der Waals surface area contributed by atoms with Crippen molar-refractivity contribution < 1.29 is 0 Å². The Kier molecular flexibility index (Phi) is 6.14. The van der Waals surface area contributed by atoms with Crippen LogP contribution < -0.4 is 0 Å². The standard InChI is InChI=1S/C28H26N2/c1-3-21-11-15-23(16-12-21)19-29-27-9-5-8-26-25(27)7-6-10-28(26)30-20-24-17-13-22(4-2)14-18-24/h5-20H,3-4H2,1-2H3. The Hall–Kier alpha value is -3.52. The van der Waals surface area contributed by atoms with Crippen molar-refractivity contribution in [3.8, 4) is 0 Å². The predicted octanol–water partition coefficient (Wildman–Crippen LogP) is 7.47. The van der Waals surface area contributed by atoms with E-state index >= 15 is 0 Å². The van der Waals surface area contributed by atoms with Crippen molar-refractivity contribution in [1.29, 1.82) is 0 Å². The maximum atomic E-state index is 4.76. The molecule has 4 aromatic rings.